The Balaban J connectivity index is 1.37. The van der Waals surface area contributed by atoms with Gasteiger partial charge in [0.15, 0.2) is 5.75 Å². The zero-order valence-corrected chi connectivity index (χ0v) is 20.8. The van der Waals surface area contributed by atoms with Crippen molar-refractivity contribution >= 4 is 21.9 Å². The Morgan fingerprint density at radius 3 is 2.89 bits per heavy atom. The van der Waals surface area contributed by atoms with Crippen LogP contribution >= 0.6 is 0 Å². The summed E-state index contributed by atoms with van der Waals surface area (Å²) in [6.07, 6.45) is 0.686. The van der Waals surface area contributed by atoms with Crippen molar-refractivity contribution in [2.75, 3.05) is 37.5 Å². The molecule has 5 rings (SSSR count). The number of fused-ring (bicyclic) bond motifs is 3. The monoisotopic (exact) mass is 519 g/mol. The molecule has 2 fully saturated rings. The maximum Gasteiger partial charge on any atom is 0.511 e. The largest absolute Gasteiger partial charge is 0.511 e. The van der Waals surface area contributed by atoms with Crippen molar-refractivity contribution < 1.29 is 32.2 Å². The summed E-state index contributed by atoms with van der Waals surface area (Å²) in [6.45, 7) is 5.97. The van der Waals surface area contributed by atoms with Gasteiger partial charge in [-0.2, -0.15) is 0 Å². The Morgan fingerprint density at radius 1 is 1.31 bits per heavy atom. The summed E-state index contributed by atoms with van der Waals surface area (Å²) in [4.78, 5) is 13.6. The molecule has 3 atom stereocenters. The van der Waals surface area contributed by atoms with Gasteiger partial charge in [-0.05, 0) is 74.6 Å². The maximum atomic E-state index is 14.1. The van der Waals surface area contributed by atoms with Gasteiger partial charge in [0.2, 0.25) is 5.75 Å². The van der Waals surface area contributed by atoms with Crippen molar-refractivity contribution in [3.63, 3.8) is 0 Å². The normalized spacial score (nSPS) is 22.9. The van der Waals surface area contributed by atoms with Crippen LogP contribution in [0.4, 0.5) is 14.9 Å². The Morgan fingerprint density at radius 2 is 2.14 bits per heavy atom. The number of benzene rings is 2. The summed E-state index contributed by atoms with van der Waals surface area (Å²) in [5, 5.41) is 12.7. The molecule has 0 aromatic heterocycles. The van der Waals surface area contributed by atoms with E-state index in [4.69, 9.17) is 9.47 Å². The number of halogens is 1. The van der Waals surface area contributed by atoms with Crippen molar-refractivity contribution in [1.29, 1.82) is 0 Å². The van der Waals surface area contributed by atoms with Crippen molar-refractivity contribution in [2.24, 2.45) is 5.92 Å². The summed E-state index contributed by atoms with van der Waals surface area (Å²) >= 11 is 0. The zero-order valence-electron chi connectivity index (χ0n) is 20.0. The molecular formula is C25H30FN3O6S. The molecule has 0 radical (unpaired) electrons. The van der Waals surface area contributed by atoms with Gasteiger partial charge in [-0.3, -0.25) is 4.72 Å². The van der Waals surface area contributed by atoms with Crippen molar-refractivity contribution in [3.05, 3.63) is 47.3 Å². The number of anilines is 1. The first-order valence-electron chi connectivity index (χ1n) is 12.2. The molecule has 2 aliphatic heterocycles. The van der Waals surface area contributed by atoms with Gasteiger partial charge >= 0.3 is 6.16 Å². The van der Waals surface area contributed by atoms with E-state index in [0.29, 0.717) is 37.1 Å². The second kappa shape index (κ2) is 9.87. The van der Waals surface area contributed by atoms with E-state index < -0.39 is 22.0 Å². The number of likely N-dealkylation sites (N-methyl/N-ethyl adjacent to an activating group) is 1. The number of sulfonamides is 1. The minimum atomic E-state index is -4.19. The lowest BCUT2D eigenvalue weighted by molar-refractivity contribution is 0.141. The fourth-order valence-corrected chi connectivity index (χ4v) is 6.51. The van der Waals surface area contributed by atoms with Crippen LogP contribution in [0, 0.1) is 11.7 Å². The Bertz CT molecular complexity index is 1270. The number of rotatable bonds is 9. The summed E-state index contributed by atoms with van der Waals surface area (Å²) in [6, 6.07) is 7.09. The average molecular weight is 520 g/mol. The zero-order chi connectivity index (χ0) is 25.4. The highest BCUT2D eigenvalue weighted by Crippen LogP contribution is 2.57. The number of nitrogens with zero attached hydrogens (tertiary/aromatic N) is 1. The van der Waals surface area contributed by atoms with Crippen LogP contribution in [-0.4, -0.2) is 63.4 Å². The van der Waals surface area contributed by atoms with E-state index in [1.807, 2.05) is 0 Å². The second-order valence-electron chi connectivity index (χ2n) is 9.58. The summed E-state index contributed by atoms with van der Waals surface area (Å²) in [5.41, 5.74) is 1.10. The average Bonchev–Trinajstić information content (AvgIpc) is 3.49. The predicted molar refractivity (Wildman–Crippen MR) is 131 cm³/mol. The van der Waals surface area contributed by atoms with Gasteiger partial charge in [0, 0.05) is 24.1 Å². The highest BCUT2D eigenvalue weighted by Gasteiger charge is 2.45. The number of carboxylic acid groups (broad SMARTS) is 1. The molecule has 11 heteroatoms. The van der Waals surface area contributed by atoms with Crippen LogP contribution in [0.5, 0.6) is 11.5 Å². The minimum Gasteiger partial charge on any atom is -0.489 e. The molecule has 2 aromatic rings. The topological polar surface area (TPSA) is 117 Å². The molecule has 9 nitrogen and oxygen atoms in total. The SMILES string of the molecule is CCN1CC[C@@H](NCCc2cc(F)ccc2S(=O)(=O)Nc2ccc3c(c2OC(=O)O)OC[C@@H]2C[C@H]32)C1. The molecule has 1 saturated heterocycles. The van der Waals surface area contributed by atoms with Crippen molar-refractivity contribution in [1.82, 2.24) is 10.2 Å². The first-order chi connectivity index (χ1) is 17.2. The van der Waals surface area contributed by atoms with E-state index in [0.717, 1.165) is 44.1 Å². The molecule has 36 heavy (non-hydrogen) atoms. The summed E-state index contributed by atoms with van der Waals surface area (Å²) in [5.74, 6) is 0.190. The van der Waals surface area contributed by atoms with Gasteiger partial charge in [-0.25, -0.2) is 17.6 Å². The van der Waals surface area contributed by atoms with Gasteiger partial charge in [0.1, 0.15) is 5.82 Å². The second-order valence-corrected chi connectivity index (χ2v) is 11.2. The van der Waals surface area contributed by atoms with Crippen LogP contribution in [-0.2, 0) is 16.4 Å². The molecule has 1 saturated carbocycles. The van der Waals surface area contributed by atoms with Crippen LogP contribution in [0.1, 0.15) is 36.8 Å². The standard InChI is InChI=1S/C25H30FN3O6S/c1-2-29-10-8-18(13-29)27-9-7-15-11-17(26)3-6-22(15)36(32,33)28-21-5-4-19-20-12-16(20)14-34-23(19)24(21)35-25(30)31/h3-6,11,16,18,20,27-28H,2,7-10,12-14H2,1H3,(H,30,31)/t16-,18+,20-/m0/s1. The van der Waals surface area contributed by atoms with E-state index in [-0.39, 0.29) is 28.0 Å². The number of hydrogen-bond donors (Lipinski definition) is 3. The highest BCUT2D eigenvalue weighted by atomic mass is 32.2. The van der Waals surface area contributed by atoms with Crippen LogP contribution in [0.25, 0.3) is 0 Å². The molecule has 0 amide bonds. The lowest BCUT2D eigenvalue weighted by Gasteiger charge is -2.22. The number of likely N-dealkylation sites (tertiary alicyclic amines) is 1. The van der Waals surface area contributed by atoms with E-state index in [9.17, 15) is 22.7 Å². The van der Waals surface area contributed by atoms with Crippen molar-refractivity contribution in [3.8, 4) is 11.5 Å². The first kappa shape index (κ1) is 24.8. The third kappa shape index (κ3) is 5.14. The van der Waals surface area contributed by atoms with E-state index >= 15 is 0 Å². The molecule has 0 spiro atoms. The lowest BCUT2D eigenvalue weighted by Crippen LogP contribution is -2.34. The van der Waals surface area contributed by atoms with Gasteiger partial charge < -0.3 is 24.8 Å². The van der Waals surface area contributed by atoms with E-state index in [1.54, 1.807) is 6.07 Å². The predicted octanol–water partition coefficient (Wildman–Crippen LogP) is 3.41. The quantitative estimate of drug-likeness (QED) is 0.341. The van der Waals surface area contributed by atoms with Gasteiger partial charge in [0.05, 0.1) is 17.2 Å². The van der Waals surface area contributed by atoms with Crippen LogP contribution in [0.2, 0.25) is 0 Å². The molecule has 2 aromatic carbocycles. The van der Waals surface area contributed by atoms with Gasteiger partial charge in [-0.15, -0.1) is 0 Å². The number of nitrogens with one attached hydrogen (secondary N) is 2. The number of hydrogen-bond acceptors (Lipinski definition) is 7. The Kier molecular flexibility index (Phi) is 6.80. The van der Waals surface area contributed by atoms with Crippen molar-refractivity contribution in [2.45, 2.75) is 43.0 Å². The molecule has 0 unspecified atom stereocenters. The molecular weight excluding hydrogens is 489 g/mol. The molecule has 2 heterocycles. The molecule has 1 aliphatic carbocycles. The van der Waals surface area contributed by atoms with Crippen LogP contribution < -0.4 is 19.5 Å². The third-order valence-electron chi connectivity index (χ3n) is 7.20. The third-order valence-corrected chi connectivity index (χ3v) is 8.67. The fourth-order valence-electron chi connectivity index (χ4n) is 5.19. The number of carbonyl (C=O) groups is 1. The molecule has 3 N–H and O–H groups in total. The summed E-state index contributed by atoms with van der Waals surface area (Å²) in [7, 11) is -4.19. The molecule has 3 aliphatic rings. The smallest absolute Gasteiger partial charge is 0.489 e. The van der Waals surface area contributed by atoms with Crippen LogP contribution in [0.3, 0.4) is 0 Å². The first-order valence-corrected chi connectivity index (χ1v) is 13.7. The maximum absolute atomic E-state index is 14.1. The molecule has 194 valence electrons. The highest BCUT2D eigenvalue weighted by molar-refractivity contribution is 7.92. The van der Waals surface area contributed by atoms with Gasteiger partial charge in [-0.1, -0.05) is 13.0 Å². The van der Waals surface area contributed by atoms with E-state index in [1.165, 1.54) is 18.2 Å². The Labute approximate surface area is 209 Å². The van der Waals surface area contributed by atoms with Gasteiger partial charge in [0.25, 0.3) is 10.0 Å². The fraction of sp³-hybridized carbons (Fsp3) is 0.480. The number of ether oxygens (including phenoxy) is 2. The molecule has 0 bridgehead atoms. The summed E-state index contributed by atoms with van der Waals surface area (Å²) < 4.78 is 54.1. The van der Waals surface area contributed by atoms with Crippen LogP contribution in [0.15, 0.2) is 35.2 Å². The minimum absolute atomic E-state index is 0.0470. The lowest BCUT2D eigenvalue weighted by atomic mass is 10.0. The Hall–Kier alpha value is -2.89. The van der Waals surface area contributed by atoms with E-state index in [2.05, 4.69) is 21.9 Å².